The van der Waals surface area contributed by atoms with Crippen molar-refractivity contribution in [1.82, 2.24) is 20.4 Å². The number of nitrogens with one attached hydrogen (secondary N) is 3. The SMILES string of the molecule is O=C(CNc1n[nH]c2ccc(C(F)(F)F)cc12)NC1CN(C2CCCOCC2)C[C@@]12CCCO2. The Morgan fingerprint density at radius 1 is 1.24 bits per heavy atom. The standard InChI is InChI=1S/C23H30F3N5O3/c24-23(25,26)15-4-5-18-17(11-15)21(30-29-18)27-12-20(32)28-19-13-31(14-22(19)7-2-9-34-22)16-3-1-8-33-10-6-16/h4-5,11,16,19H,1-3,6-10,12-14H2,(H,28,32)(H2,27,29,30)/t16?,19?,22-/m0/s1. The fourth-order valence-corrected chi connectivity index (χ4v) is 5.48. The molecule has 0 radical (unpaired) electrons. The van der Waals surface area contributed by atoms with E-state index in [4.69, 9.17) is 9.47 Å². The Morgan fingerprint density at radius 2 is 2.12 bits per heavy atom. The lowest BCUT2D eigenvalue weighted by Crippen LogP contribution is -2.52. The maximum Gasteiger partial charge on any atom is 0.416 e. The maximum atomic E-state index is 13.1. The number of H-pyrrole nitrogens is 1. The number of aromatic nitrogens is 2. The zero-order valence-corrected chi connectivity index (χ0v) is 18.9. The fraction of sp³-hybridized carbons (Fsp3) is 0.652. The number of hydrogen-bond donors (Lipinski definition) is 3. The highest BCUT2D eigenvalue weighted by atomic mass is 19.4. The second kappa shape index (κ2) is 9.35. The first-order valence-electron chi connectivity index (χ1n) is 11.9. The van der Waals surface area contributed by atoms with Crippen molar-refractivity contribution >= 4 is 22.6 Å². The van der Waals surface area contributed by atoms with Crippen LogP contribution in [0.25, 0.3) is 10.9 Å². The Hall–Kier alpha value is -2.37. The van der Waals surface area contributed by atoms with E-state index in [0.717, 1.165) is 70.5 Å². The van der Waals surface area contributed by atoms with Crippen LogP contribution in [0, 0.1) is 0 Å². The molecule has 3 atom stereocenters. The van der Waals surface area contributed by atoms with Gasteiger partial charge in [-0.05, 0) is 50.3 Å². The quantitative estimate of drug-likeness (QED) is 0.609. The summed E-state index contributed by atoms with van der Waals surface area (Å²) in [4.78, 5) is 15.3. The summed E-state index contributed by atoms with van der Waals surface area (Å²) in [5.74, 6) is -0.0244. The first-order chi connectivity index (χ1) is 16.3. The van der Waals surface area contributed by atoms with Gasteiger partial charge in [0.25, 0.3) is 0 Å². The summed E-state index contributed by atoms with van der Waals surface area (Å²) in [6.45, 7) is 3.65. The molecule has 0 bridgehead atoms. The molecular weight excluding hydrogens is 451 g/mol. The number of benzene rings is 1. The number of aromatic amines is 1. The second-order valence-corrected chi connectivity index (χ2v) is 9.45. The molecule has 4 heterocycles. The van der Waals surface area contributed by atoms with Gasteiger partial charge >= 0.3 is 6.18 Å². The van der Waals surface area contributed by atoms with Gasteiger partial charge in [0.05, 0.1) is 23.7 Å². The number of fused-ring (bicyclic) bond motifs is 1. The lowest BCUT2D eigenvalue weighted by Gasteiger charge is -2.30. The number of halogens is 3. The van der Waals surface area contributed by atoms with Crippen LogP contribution < -0.4 is 10.6 Å². The normalized spacial score (nSPS) is 28.4. The summed E-state index contributed by atoms with van der Waals surface area (Å²) in [6.07, 6.45) is 0.494. The van der Waals surface area contributed by atoms with Gasteiger partial charge in [0.2, 0.25) is 5.91 Å². The molecular formula is C23H30F3N5O3. The predicted octanol–water partition coefficient (Wildman–Crippen LogP) is 2.91. The number of hydrogen-bond acceptors (Lipinski definition) is 6. The van der Waals surface area contributed by atoms with Crippen LogP contribution in [0.5, 0.6) is 0 Å². The smallest absolute Gasteiger partial charge is 0.381 e. The third kappa shape index (κ3) is 4.73. The maximum absolute atomic E-state index is 13.1. The van der Waals surface area contributed by atoms with Gasteiger partial charge in [-0.1, -0.05) is 0 Å². The molecule has 1 spiro atoms. The molecule has 34 heavy (non-hydrogen) atoms. The van der Waals surface area contributed by atoms with Gasteiger partial charge in [0, 0.05) is 44.3 Å². The molecule has 11 heteroatoms. The average Bonchev–Trinajstić information content (AvgIpc) is 3.46. The van der Waals surface area contributed by atoms with Crippen molar-refractivity contribution in [2.75, 3.05) is 44.8 Å². The van der Waals surface area contributed by atoms with E-state index in [1.807, 2.05) is 0 Å². The third-order valence-corrected chi connectivity index (χ3v) is 7.24. The summed E-state index contributed by atoms with van der Waals surface area (Å²) in [5.41, 5.74) is -0.680. The lowest BCUT2D eigenvalue weighted by molar-refractivity contribution is -0.137. The second-order valence-electron chi connectivity index (χ2n) is 9.45. The number of anilines is 1. The largest absolute Gasteiger partial charge is 0.416 e. The molecule has 2 aromatic rings. The molecule has 3 aliphatic rings. The fourth-order valence-electron chi connectivity index (χ4n) is 5.48. The summed E-state index contributed by atoms with van der Waals surface area (Å²) < 4.78 is 51.1. The molecule has 1 aromatic carbocycles. The van der Waals surface area contributed by atoms with Crippen molar-refractivity contribution in [2.24, 2.45) is 0 Å². The molecule has 5 rings (SSSR count). The Morgan fingerprint density at radius 3 is 2.91 bits per heavy atom. The number of rotatable bonds is 5. The third-order valence-electron chi connectivity index (χ3n) is 7.24. The van der Waals surface area contributed by atoms with E-state index in [2.05, 4.69) is 25.7 Å². The van der Waals surface area contributed by atoms with Crippen LogP contribution in [0.15, 0.2) is 18.2 Å². The van der Waals surface area contributed by atoms with Crippen LogP contribution in [0.1, 0.15) is 37.7 Å². The Bertz CT molecular complexity index is 1010. The van der Waals surface area contributed by atoms with Crippen LogP contribution in [0.3, 0.4) is 0 Å². The minimum Gasteiger partial charge on any atom is -0.381 e. The monoisotopic (exact) mass is 481 g/mol. The Balaban J connectivity index is 1.24. The number of ether oxygens (including phenoxy) is 2. The van der Waals surface area contributed by atoms with E-state index in [1.54, 1.807) is 0 Å². The Kier molecular flexibility index (Phi) is 6.43. The highest BCUT2D eigenvalue weighted by Gasteiger charge is 2.51. The molecule has 1 amide bonds. The topological polar surface area (TPSA) is 91.5 Å². The van der Waals surface area contributed by atoms with Crippen LogP contribution in [-0.4, -0.2) is 78.1 Å². The van der Waals surface area contributed by atoms with Crippen molar-refractivity contribution in [2.45, 2.75) is 56.0 Å². The first kappa shape index (κ1) is 23.4. The minimum absolute atomic E-state index is 0.0972. The number of alkyl halides is 3. The molecule has 186 valence electrons. The van der Waals surface area contributed by atoms with E-state index >= 15 is 0 Å². The molecule has 3 saturated heterocycles. The highest BCUT2D eigenvalue weighted by Crippen LogP contribution is 2.37. The minimum atomic E-state index is -4.45. The first-order valence-corrected chi connectivity index (χ1v) is 11.9. The molecule has 8 nitrogen and oxygen atoms in total. The van der Waals surface area contributed by atoms with Crippen molar-refractivity contribution in [3.8, 4) is 0 Å². The molecule has 0 aliphatic carbocycles. The van der Waals surface area contributed by atoms with Crippen LogP contribution >= 0.6 is 0 Å². The molecule has 2 unspecified atom stereocenters. The van der Waals surface area contributed by atoms with Gasteiger partial charge in [-0.25, -0.2) is 0 Å². The molecule has 3 aliphatic heterocycles. The zero-order valence-electron chi connectivity index (χ0n) is 18.9. The van der Waals surface area contributed by atoms with E-state index in [9.17, 15) is 18.0 Å². The summed E-state index contributed by atoms with van der Waals surface area (Å²) >= 11 is 0. The number of carbonyl (C=O) groups is 1. The van der Waals surface area contributed by atoms with E-state index in [0.29, 0.717) is 23.6 Å². The van der Waals surface area contributed by atoms with Crippen molar-refractivity contribution in [3.05, 3.63) is 23.8 Å². The van der Waals surface area contributed by atoms with Crippen LogP contribution in [0.4, 0.5) is 19.0 Å². The molecule has 3 N–H and O–H groups in total. The van der Waals surface area contributed by atoms with Crippen molar-refractivity contribution < 1.29 is 27.4 Å². The van der Waals surface area contributed by atoms with Crippen molar-refractivity contribution in [1.29, 1.82) is 0 Å². The highest BCUT2D eigenvalue weighted by molar-refractivity contribution is 5.92. The predicted molar refractivity (Wildman–Crippen MR) is 119 cm³/mol. The number of nitrogens with zero attached hydrogens (tertiary/aromatic N) is 2. The number of likely N-dealkylation sites (tertiary alicyclic amines) is 1. The van der Waals surface area contributed by atoms with E-state index < -0.39 is 11.7 Å². The van der Waals surface area contributed by atoms with Gasteiger partial charge in [-0.15, -0.1) is 0 Å². The van der Waals surface area contributed by atoms with Crippen molar-refractivity contribution in [3.63, 3.8) is 0 Å². The van der Waals surface area contributed by atoms with Crippen LogP contribution in [0.2, 0.25) is 0 Å². The van der Waals surface area contributed by atoms with E-state index in [-0.39, 0.29) is 29.9 Å². The molecule has 0 saturated carbocycles. The summed E-state index contributed by atoms with van der Waals surface area (Å²) in [7, 11) is 0. The Labute approximate surface area is 195 Å². The van der Waals surface area contributed by atoms with Gasteiger partial charge in [-0.3, -0.25) is 14.8 Å². The lowest BCUT2D eigenvalue weighted by atomic mass is 9.94. The number of carbonyl (C=O) groups excluding carboxylic acids is 1. The zero-order chi connectivity index (χ0) is 23.8. The van der Waals surface area contributed by atoms with Gasteiger partial charge < -0.3 is 20.1 Å². The molecule has 1 aromatic heterocycles. The summed E-state index contributed by atoms with van der Waals surface area (Å²) in [6, 6.07) is 3.65. The van der Waals surface area contributed by atoms with E-state index in [1.165, 1.54) is 6.07 Å². The summed E-state index contributed by atoms with van der Waals surface area (Å²) in [5, 5.41) is 13.1. The molecule has 3 fully saturated rings. The van der Waals surface area contributed by atoms with Gasteiger partial charge in [0.15, 0.2) is 5.82 Å². The number of amides is 1. The average molecular weight is 482 g/mol. The van der Waals surface area contributed by atoms with Crippen LogP contribution in [-0.2, 0) is 20.4 Å². The van der Waals surface area contributed by atoms with Gasteiger partial charge in [-0.2, -0.15) is 18.3 Å². The van der Waals surface area contributed by atoms with Gasteiger partial charge in [0.1, 0.15) is 5.60 Å².